The van der Waals surface area contributed by atoms with Crippen LogP contribution < -0.4 is 0 Å². The monoisotopic (exact) mass is 332 g/mol. The van der Waals surface area contributed by atoms with Gasteiger partial charge < -0.3 is 4.74 Å². The van der Waals surface area contributed by atoms with Gasteiger partial charge in [0.15, 0.2) is 0 Å². The maximum absolute atomic E-state index is 11.3. The highest BCUT2D eigenvalue weighted by Crippen LogP contribution is 2.52. The Morgan fingerprint density at radius 3 is 2.75 bits per heavy atom. The average Bonchev–Trinajstić information content (AvgIpc) is 3.07. The molecule has 0 aliphatic heterocycles. The van der Waals surface area contributed by atoms with Crippen molar-refractivity contribution in [3.05, 3.63) is 47.0 Å². The first-order valence-electron chi connectivity index (χ1n) is 8.93. The normalized spacial score (nSPS) is 33.4. The molecule has 0 heterocycles. The van der Waals surface area contributed by atoms with Crippen LogP contribution in [0.5, 0.6) is 0 Å². The molecule has 3 unspecified atom stereocenters. The van der Waals surface area contributed by atoms with Crippen molar-refractivity contribution >= 4 is 0 Å². The van der Waals surface area contributed by atoms with Gasteiger partial charge in [0.2, 0.25) is 0 Å². The Labute approximate surface area is 144 Å². The van der Waals surface area contributed by atoms with Gasteiger partial charge in [-0.1, -0.05) is 61.8 Å². The second kappa shape index (κ2) is 8.90. The van der Waals surface area contributed by atoms with Crippen LogP contribution in [0.15, 0.2) is 47.5 Å². The fourth-order valence-corrected chi connectivity index (χ4v) is 4.27. The summed E-state index contributed by atoms with van der Waals surface area (Å²) in [6, 6.07) is -0.573. The van der Waals surface area contributed by atoms with Crippen molar-refractivity contribution in [3.63, 3.8) is 0 Å². The van der Waals surface area contributed by atoms with E-state index in [1.165, 1.54) is 6.26 Å². The molecule has 0 aromatic rings. The number of nitrogens with zero attached hydrogens (tertiary/aromatic N) is 2. The number of hydrogen-bond donors (Lipinski definition) is 0. The van der Waals surface area contributed by atoms with Gasteiger partial charge in [-0.15, -0.1) is 0 Å². The number of rotatable bonds is 10. The summed E-state index contributed by atoms with van der Waals surface area (Å²) in [7, 11) is 0. The molecule has 2 aliphatic carbocycles. The Balaban J connectivity index is 2.06. The molecular weight excluding hydrogens is 304 g/mol. The van der Waals surface area contributed by atoms with Crippen LogP contribution in [0.4, 0.5) is 0 Å². The van der Waals surface area contributed by atoms with E-state index in [1.54, 1.807) is 0 Å². The van der Waals surface area contributed by atoms with Crippen LogP contribution in [-0.4, -0.2) is 18.2 Å². The smallest absolute Gasteiger partial charge is 0.122 e. The lowest BCUT2D eigenvalue weighted by molar-refractivity contribution is 0.125. The van der Waals surface area contributed by atoms with Crippen LogP contribution in [0, 0.1) is 27.6 Å². The van der Waals surface area contributed by atoms with Crippen molar-refractivity contribution in [2.45, 2.75) is 63.6 Å². The summed E-state index contributed by atoms with van der Waals surface area (Å²) < 4.78 is 5.61. The molecule has 24 heavy (non-hydrogen) atoms. The van der Waals surface area contributed by atoms with Crippen LogP contribution in [0.25, 0.3) is 0 Å². The molecule has 2 fully saturated rings. The van der Waals surface area contributed by atoms with Gasteiger partial charge in [-0.25, -0.2) is 0 Å². The van der Waals surface area contributed by atoms with Gasteiger partial charge in [0.05, 0.1) is 12.3 Å². The third-order valence-electron chi connectivity index (χ3n) is 5.46. The summed E-state index contributed by atoms with van der Waals surface area (Å²) in [5.74, 6) is 0.581. The molecule has 2 rings (SSSR count). The standard InChI is InChI=1S/C19H28N2O3/c1-4-6-7-8-14(20-22)9-10-15-16-11-13(3)19(24-5-2)17(16)12-18(15)21-23/h5,9-10,14-19H,2-4,6-8,11-12H2,1H3/b10-9+/t14-,15+,16?,17?,18+,19?/m0/s1. The van der Waals surface area contributed by atoms with Crippen LogP contribution in [0.3, 0.4) is 0 Å². The summed E-state index contributed by atoms with van der Waals surface area (Å²) >= 11 is 0. The Kier molecular flexibility index (Phi) is 6.88. The van der Waals surface area contributed by atoms with E-state index < -0.39 is 0 Å². The van der Waals surface area contributed by atoms with E-state index in [1.807, 2.05) is 12.2 Å². The highest BCUT2D eigenvalue weighted by atomic mass is 16.5. The molecule has 2 saturated carbocycles. The van der Waals surface area contributed by atoms with Crippen LogP contribution in [0.1, 0.15) is 45.4 Å². The summed E-state index contributed by atoms with van der Waals surface area (Å²) in [6.45, 7) is 9.87. The second-order valence-electron chi connectivity index (χ2n) is 6.95. The molecule has 6 atom stereocenters. The number of nitroso groups, excluding NO2 is 2. The maximum atomic E-state index is 11.3. The summed E-state index contributed by atoms with van der Waals surface area (Å²) in [6.07, 6.45) is 10.8. The second-order valence-corrected chi connectivity index (χ2v) is 6.95. The average molecular weight is 332 g/mol. The van der Waals surface area contributed by atoms with Gasteiger partial charge in [0, 0.05) is 11.8 Å². The molecule has 0 saturated heterocycles. The lowest BCUT2D eigenvalue weighted by atomic mass is 9.89. The molecule has 0 radical (unpaired) electrons. The fraction of sp³-hybridized carbons (Fsp3) is 0.684. The SMILES string of the molecule is C=COC1C(=C)CC2C1C[C@@H](N=O)[C@@H]2/C=C/[C@H](CCCCC)N=O. The molecule has 2 aliphatic rings. The summed E-state index contributed by atoms with van der Waals surface area (Å²) in [5, 5.41) is 6.54. The lowest BCUT2D eigenvalue weighted by Crippen LogP contribution is -2.18. The zero-order chi connectivity index (χ0) is 17.5. The van der Waals surface area contributed by atoms with Crippen molar-refractivity contribution in [1.29, 1.82) is 0 Å². The quantitative estimate of drug-likeness (QED) is 0.241. The zero-order valence-electron chi connectivity index (χ0n) is 14.5. The van der Waals surface area contributed by atoms with E-state index in [0.29, 0.717) is 12.3 Å². The molecule has 0 aromatic carbocycles. The maximum Gasteiger partial charge on any atom is 0.122 e. The van der Waals surface area contributed by atoms with Crippen molar-refractivity contribution in [2.24, 2.45) is 28.1 Å². The van der Waals surface area contributed by atoms with Crippen LogP contribution in [-0.2, 0) is 4.74 Å². The third-order valence-corrected chi connectivity index (χ3v) is 5.46. The molecule has 0 aromatic heterocycles. The molecule has 0 spiro atoms. The third kappa shape index (κ3) is 4.00. The van der Waals surface area contributed by atoms with Gasteiger partial charge in [0.1, 0.15) is 12.1 Å². The first kappa shape index (κ1) is 18.6. The highest BCUT2D eigenvalue weighted by molar-refractivity contribution is 5.22. The zero-order valence-corrected chi connectivity index (χ0v) is 14.5. The first-order chi connectivity index (χ1) is 11.7. The van der Waals surface area contributed by atoms with E-state index in [0.717, 1.165) is 37.7 Å². The Hall–Kier alpha value is -1.78. The Bertz CT molecular complexity index is 503. The molecule has 5 heteroatoms. The molecule has 0 N–H and O–H groups in total. The molecule has 5 nitrogen and oxygen atoms in total. The van der Waals surface area contributed by atoms with Gasteiger partial charge in [-0.2, -0.15) is 9.81 Å². The summed E-state index contributed by atoms with van der Waals surface area (Å²) in [5.41, 5.74) is 1.06. The summed E-state index contributed by atoms with van der Waals surface area (Å²) in [4.78, 5) is 22.3. The minimum Gasteiger partial charge on any atom is -0.494 e. The van der Waals surface area contributed by atoms with Gasteiger partial charge >= 0.3 is 0 Å². The van der Waals surface area contributed by atoms with Crippen molar-refractivity contribution in [3.8, 4) is 0 Å². The highest BCUT2D eigenvalue weighted by Gasteiger charge is 2.51. The minimum atomic E-state index is -0.312. The predicted molar refractivity (Wildman–Crippen MR) is 96.4 cm³/mol. The van der Waals surface area contributed by atoms with Crippen molar-refractivity contribution < 1.29 is 4.74 Å². The van der Waals surface area contributed by atoms with E-state index in [9.17, 15) is 9.81 Å². The molecule has 132 valence electrons. The van der Waals surface area contributed by atoms with Crippen LogP contribution in [0.2, 0.25) is 0 Å². The number of ether oxygens (including phenoxy) is 1. The van der Waals surface area contributed by atoms with Crippen molar-refractivity contribution in [2.75, 3.05) is 0 Å². The van der Waals surface area contributed by atoms with E-state index in [4.69, 9.17) is 4.74 Å². The predicted octanol–water partition coefficient (Wildman–Crippen LogP) is 5.13. The minimum absolute atomic E-state index is 0.0399. The molecule has 0 bridgehead atoms. The largest absolute Gasteiger partial charge is 0.494 e. The lowest BCUT2D eigenvalue weighted by Gasteiger charge is -2.18. The number of fused-ring (bicyclic) bond motifs is 1. The number of hydrogen-bond acceptors (Lipinski definition) is 5. The fourth-order valence-electron chi connectivity index (χ4n) is 4.27. The van der Waals surface area contributed by atoms with E-state index >= 15 is 0 Å². The Morgan fingerprint density at radius 1 is 1.33 bits per heavy atom. The van der Waals surface area contributed by atoms with Crippen molar-refractivity contribution in [1.82, 2.24) is 0 Å². The van der Waals surface area contributed by atoms with E-state index in [-0.39, 0.29) is 30.0 Å². The van der Waals surface area contributed by atoms with E-state index in [2.05, 4.69) is 30.4 Å². The van der Waals surface area contributed by atoms with Gasteiger partial charge in [-0.05, 0) is 30.8 Å². The Morgan fingerprint density at radius 2 is 2.12 bits per heavy atom. The number of unbranched alkanes of at least 4 members (excludes halogenated alkanes) is 2. The first-order valence-corrected chi connectivity index (χ1v) is 8.93. The topological polar surface area (TPSA) is 68.1 Å². The van der Waals surface area contributed by atoms with Gasteiger partial charge in [-0.3, -0.25) is 0 Å². The molecular formula is C19H28N2O3. The van der Waals surface area contributed by atoms with Gasteiger partial charge in [0.25, 0.3) is 0 Å². The van der Waals surface area contributed by atoms with Crippen LogP contribution >= 0.6 is 0 Å². The molecule has 0 amide bonds.